The molecule has 6 heteroatoms. The van der Waals surface area contributed by atoms with Crippen LogP contribution in [0.4, 0.5) is 0 Å². The third kappa shape index (κ3) is 6.68. The van der Waals surface area contributed by atoms with Gasteiger partial charge in [0.25, 0.3) is 0 Å². The largest absolute Gasteiger partial charge is 0.481 e. The summed E-state index contributed by atoms with van der Waals surface area (Å²) in [6.45, 7) is 0.585. The van der Waals surface area contributed by atoms with Crippen LogP contribution in [0.1, 0.15) is 31.4 Å². The number of carboxylic acids is 1. The molecule has 17 heavy (non-hydrogen) atoms. The first-order chi connectivity index (χ1) is 8.18. The molecule has 1 heterocycles. The van der Waals surface area contributed by atoms with Gasteiger partial charge in [-0.2, -0.15) is 0 Å². The van der Waals surface area contributed by atoms with Gasteiger partial charge in [-0.25, -0.2) is 4.98 Å². The molecule has 0 aromatic carbocycles. The Bertz CT molecular complexity index is 352. The minimum Gasteiger partial charge on any atom is -0.481 e. The topological polar surface area (TPSA) is 79.3 Å². The average Bonchev–Trinajstić information content (AvgIpc) is 2.77. The van der Waals surface area contributed by atoms with E-state index >= 15 is 0 Å². The van der Waals surface area contributed by atoms with E-state index in [0.29, 0.717) is 25.8 Å². The van der Waals surface area contributed by atoms with Gasteiger partial charge in [0, 0.05) is 31.2 Å². The summed E-state index contributed by atoms with van der Waals surface area (Å²) >= 11 is 1.54. The second-order valence-corrected chi connectivity index (χ2v) is 4.40. The van der Waals surface area contributed by atoms with Crippen molar-refractivity contribution in [3.05, 3.63) is 16.6 Å². The molecule has 0 bridgehead atoms. The lowest BCUT2D eigenvalue weighted by Crippen LogP contribution is -2.25. The highest BCUT2D eigenvalue weighted by Gasteiger charge is 2.03. The predicted molar refractivity (Wildman–Crippen MR) is 64.9 cm³/mol. The molecule has 0 saturated carbocycles. The molecular formula is C11H16N2O3S. The molecule has 0 atom stereocenters. The van der Waals surface area contributed by atoms with Crippen molar-refractivity contribution >= 4 is 23.2 Å². The van der Waals surface area contributed by atoms with E-state index in [-0.39, 0.29) is 12.3 Å². The number of carbonyl (C=O) groups is 2. The molecule has 1 rings (SSSR count). The molecular weight excluding hydrogens is 240 g/mol. The van der Waals surface area contributed by atoms with Crippen molar-refractivity contribution in [3.63, 3.8) is 0 Å². The van der Waals surface area contributed by atoms with Gasteiger partial charge >= 0.3 is 5.97 Å². The lowest BCUT2D eigenvalue weighted by atomic mass is 10.2. The van der Waals surface area contributed by atoms with Crippen LogP contribution in [0.25, 0.3) is 0 Å². The number of hydrogen-bond donors (Lipinski definition) is 2. The van der Waals surface area contributed by atoms with Gasteiger partial charge in [-0.1, -0.05) is 0 Å². The molecule has 0 spiro atoms. The summed E-state index contributed by atoms with van der Waals surface area (Å²) in [5.74, 6) is -0.834. The molecule has 1 amide bonds. The number of rotatable bonds is 8. The van der Waals surface area contributed by atoms with E-state index in [1.807, 2.05) is 5.38 Å². The molecule has 0 fully saturated rings. The molecule has 0 aliphatic rings. The first kappa shape index (κ1) is 13.6. The van der Waals surface area contributed by atoms with Crippen molar-refractivity contribution in [1.29, 1.82) is 0 Å². The second kappa shape index (κ2) is 7.78. The molecule has 5 nitrogen and oxygen atoms in total. The van der Waals surface area contributed by atoms with E-state index in [4.69, 9.17) is 5.11 Å². The second-order valence-electron chi connectivity index (χ2n) is 3.68. The highest BCUT2D eigenvalue weighted by Crippen LogP contribution is 2.02. The molecule has 1 aromatic heterocycles. The third-order valence-corrected chi connectivity index (χ3v) is 2.87. The summed E-state index contributed by atoms with van der Waals surface area (Å²) < 4.78 is 0. The Kier molecular flexibility index (Phi) is 6.24. The van der Waals surface area contributed by atoms with Crippen molar-refractivity contribution in [2.45, 2.75) is 32.1 Å². The summed E-state index contributed by atoms with van der Waals surface area (Å²) in [6.07, 6.45) is 2.44. The zero-order valence-electron chi connectivity index (χ0n) is 9.52. The summed E-state index contributed by atoms with van der Waals surface area (Å²) in [7, 11) is 0. The number of hydrogen-bond acceptors (Lipinski definition) is 4. The molecule has 0 saturated heterocycles. The smallest absolute Gasteiger partial charge is 0.303 e. The number of carbonyl (C=O) groups excluding carboxylic acids is 1. The minimum atomic E-state index is -0.811. The van der Waals surface area contributed by atoms with Crippen molar-refractivity contribution in [1.82, 2.24) is 10.3 Å². The molecule has 0 unspecified atom stereocenters. The third-order valence-electron chi connectivity index (χ3n) is 2.23. The van der Waals surface area contributed by atoms with E-state index < -0.39 is 5.97 Å². The van der Waals surface area contributed by atoms with E-state index in [1.165, 1.54) is 11.3 Å². The van der Waals surface area contributed by atoms with Crippen molar-refractivity contribution in [2.75, 3.05) is 6.54 Å². The Morgan fingerprint density at radius 2 is 2.12 bits per heavy atom. The van der Waals surface area contributed by atoms with E-state index in [2.05, 4.69) is 10.3 Å². The number of thiazole rings is 1. The van der Waals surface area contributed by atoms with Gasteiger partial charge in [0.05, 0.1) is 11.2 Å². The Morgan fingerprint density at radius 3 is 2.76 bits per heavy atom. The zero-order chi connectivity index (χ0) is 12.5. The highest BCUT2D eigenvalue weighted by atomic mass is 32.1. The highest BCUT2D eigenvalue weighted by molar-refractivity contribution is 7.07. The van der Waals surface area contributed by atoms with Gasteiger partial charge in [0.15, 0.2) is 0 Å². The Balaban J connectivity index is 1.99. The summed E-state index contributed by atoms with van der Waals surface area (Å²) in [6, 6.07) is 0. The molecule has 2 N–H and O–H groups in total. The van der Waals surface area contributed by atoms with Crippen LogP contribution in [0.3, 0.4) is 0 Å². The fourth-order valence-corrected chi connectivity index (χ4v) is 1.93. The lowest BCUT2D eigenvalue weighted by molar-refractivity contribution is -0.137. The minimum absolute atomic E-state index is 0.0226. The normalized spacial score (nSPS) is 10.1. The van der Waals surface area contributed by atoms with Crippen LogP contribution in [0.2, 0.25) is 0 Å². The number of unbranched alkanes of at least 4 members (excludes halogenated alkanes) is 1. The van der Waals surface area contributed by atoms with Gasteiger partial charge in [-0.05, 0) is 12.8 Å². The first-order valence-electron chi connectivity index (χ1n) is 5.54. The summed E-state index contributed by atoms with van der Waals surface area (Å²) in [5, 5.41) is 13.2. The van der Waals surface area contributed by atoms with Crippen LogP contribution in [0, 0.1) is 0 Å². The number of aromatic nitrogens is 1. The van der Waals surface area contributed by atoms with Crippen LogP contribution in [-0.2, 0) is 16.0 Å². The van der Waals surface area contributed by atoms with E-state index in [0.717, 1.165) is 12.1 Å². The number of carboxylic acid groups (broad SMARTS) is 1. The van der Waals surface area contributed by atoms with E-state index in [1.54, 1.807) is 5.51 Å². The number of aliphatic carboxylic acids is 1. The molecule has 94 valence electrons. The first-order valence-corrected chi connectivity index (χ1v) is 6.48. The Labute approximate surface area is 104 Å². The summed E-state index contributed by atoms with van der Waals surface area (Å²) in [5.41, 5.74) is 2.75. The molecule has 1 aromatic rings. The monoisotopic (exact) mass is 256 g/mol. The van der Waals surface area contributed by atoms with E-state index in [9.17, 15) is 9.59 Å². The van der Waals surface area contributed by atoms with Gasteiger partial charge < -0.3 is 10.4 Å². The van der Waals surface area contributed by atoms with Crippen molar-refractivity contribution < 1.29 is 14.7 Å². The predicted octanol–water partition coefficient (Wildman–Crippen LogP) is 1.45. The van der Waals surface area contributed by atoms with Crippen LogP contribution >= 0.6 is 11.3 Å². The average molecular weight is 256 g/mol. The fraction of sp³-hybridized carbons (Fsp3) is 0.545. The van der Waals surface area contributed by atoms with Gasteiger partial charge in [-0.3, -0.25) is 9.59 Å². The number of nitrogens with one attached hydrogen (secondary N) is 1. The van der Waals surface area contributed by atoms with Gasteiger partial charge in [0.2, 0.25) is 5.91 Å². The zero-order valence-corrected chi connectivity index (χ0v) is 10.3. The van der Waals surface area contributed by atoms with Crippen LogP contribution in [-0.4, -0.2) is 28.5 Å². The van der Waals surface area contributed by atoms with Crippen LogP contribution in [0.15, 0.2) is 10.9 Å². The van der Waals surface area contributed by atoms with Crippen molar-refractivity contribution in [2.24, 2.45) is 0 Å². The lowest BCUT2D eigenvalue weighted by Gasteiger charge is -2.03. The van der Waals surface area contributed by atoms with Crippen molar-refractivity contribution in [3.8, 4) is 0 Å². The Hall–Kier alpha value is -1.43. The Morgan fingerprint density at radius 1 is 1.35 bits per heavy atom. The van der Waals surface area contributed by atoms with Gasteiger partial charge in [0.1, 0.15) is 0 Å². The molecule has 0 radical (unpaired) electrons. The SMILES string of the molecule is O=C(O)CCCCC(=O)NCCc1cscn1. The van der Waals surface area contributed by atoms with Crippen LogP contribution < -0.4 is 5.32 Å². The molecule has 0 aliphatic carbocycles. The maximum Gasteiger partial charge on any atom is 0.303 e. The number of nitrogens with zero attached hydrogens (tertiary/aromatic N) is 1. The maximum absolute atomic E-state index is 11.3. The quantitative estimate of drug-likeness (QED) is 0.690. The standard InChI is InChI=1S/C11H16N2O3S/c14-10(3-1-2-4-11(15)16)12-6-5-9-7-17-8-13-9/h7-8H,1-6H2,(H,12,14)(H,15,16). The van der Waals surface area contributed by atoms with Gasteiger partial charge in [-0.15, -0.1) is 11.3 Å². The molecule has 0 aliphatic heterocycles. The number of amides is 1. The maximum atomic E-state index is 11.3. The fourth-order valence-electron chi connectivity index (χ4n) is 1.34. The summed E-state index contributed by atoms with van der Waals surface area (Å²) in [4.78, 5) is 25.7. The van der Waals surface area contributed by atoms with Crippen LogP contribution in [0.5, 0.6) is 0 Å².